The third-order valence-corrected chi connectivity index (χ3v) is 4.48. The lowest BCUT2D eigenvalue weighted by Gasteiger charge is -2.22. The van der Waals surface area contributed by atoms with Crippen LogP contribution in [0.5, 0.6) is 0 Å². The quantitative estimate of drug-likeness (QED) is 0.817. The smallest absolute Gasteiger partial charge is 0.224 e. The third kappa shape index (κ3) is 5.10. The van der Waals surface area contributed by atoms with Crippen LogP contribution in [0.3, 0.4) is 0 Å². The molecule has 1 aliphatic rings. The molecule has 1 aromatic carbocycles. The van der Waals surface area contributed by atoms with Gasteiger partial charge < -0.3 is 10.6 Å². The molecule has 2 aromatic rings. The second-order valence-electron chi connectivity index (χ2n) is 6.05. The van der Waals surface area contributed by atoms with Crippen LogP contribution in [0, 0.1) is 0 Å². The first kappa shape index (κ1) is 16.1. The van der Waals surface area contributed by atoms with Crippen LogP contribution in [0.25, 0.3) is 0 Å². The van der Waals surface area contributed by atoms with Gasteiger partial charge in [-0.15, -0.1) is 0 Å². The Kier molecular flexibility index (Phi) is 5.70. The van der Waals surface area contributed by atoms with E-state index in [1.54, 1.807) is 0 Å². The van der Waals surface area contributed by atoms with Crippen molar-refractivity contribution in [1.29, 1.82) is 0 Å². The van der Waals surface area contributed by atoms with Crippen molar-refractivity contribution < 1.29 is 0 Å². The van der Waals surface area contributed by atoms with Gasteiger partial charge in [-0.1, -0.05) is 43.0 Å². The van der Waals surface area contributed by atoms with Crippen molar-refractivity contribution in [3.63, 3.8) is 0 Å². The van der Waals surface area contributed by atoms with Gasteiger partial charge in [-0.3, -0.25) is 0 Å². The first-order chi connectivity index (χ1) is 11.3. The molecule has 0 saturated heterocycles. The fraction of sp³-hybridized carbons (Fsp3) is 0.444. The summed E-state index contributed by atoms with van der Waals surface area (Å²) in [5.41, 5.74) is 1.26. The monoisotopic (exact) mass is 330 g/mol. The van der Waals surface area contributed by atoms with E-state index in [4.69, 9.17) is 11.6 Å². The number of halogens is 1. The number of hydrogen-bond acceptors (Lipinski definition) is 4. The maximum absolute atomic E-state index is 5.90. The van der Waals surface area contributed by atoms with Crippen molar-refractivity contribution in [2.24, 2.45) is 0 Å². The molecule has 2 N–H and O–H groups in total. The van der Waals surface area contributed by atoms with E-state index < -0.39 is 0 Å². The van der Waals surface area contributed by atoms with Crippen LogP contribution in [0.4, 0.5) is 11.8 Å². The van der Waals surface area contributed by atoms with Crippen LogP contribution in [0.1, 0.15) is 37.7 Å². The second-order valence-corrected chi connectivity index (χ2v) is 6.48. The van der Waals surface area contributed by atoms with Gasteiger partial charge in [0.2, 0.25) is 5.95 Å². The Morgan fingerprint density at radius 3 is 2.61 bits per heavy atom. The Morgan fingerprint density at radius 2 is 1.83 bits per heavy atom. The third-order valence-electron chi connectivity index (χ3n) is 4.23. The van der Waals surface area contributed by atoms with E-state index in [1.807, 2.05) is 24.4 Å². The van der Waals surface area contributed by atoms with Crippen molar-refractivity contribution in [3.8, 4) is 0 Å². The van der Waals surface area contributed by atoms with E-state index in [-0.39, 0.29) is 0 Å². The van der Waals surface area contributed by atoms with E-state index in [1.165, 1.54) is 37.7 Å². The normalized spacial score (nSPS) is 15.3. The summed E-state index contributed by atoms with van der Waals surface area (Å²) in [6.45, 7) is 0.835. The maximum atomic E-state index is 5.90. The zero-order valence-electron chi connectivity index (χ0n) is 13.3. The van der Waals surface area contributed by atoms with Crippen LogP contribution in [-0.2, 0) is 6.42 Å². The topological polar surface area (TPSA) is 49.8 Å². The molecule has 1 aromatic heterocycles. The zero-order valence-corrected chi connectivity index (χ0v) is 14.0. The minimum atomic E-state index is 0.521. The first-order valence-corrected chi connectivity index (χ1v) is 8.75. The lowest BCUT2D eigenvalue weighted by molar-refractivity contribution is 0.461. The fourth-order valence-corrected chi connectivity index (χ4v) is 3.07. The number of benzene rings is 1. The van der Waals surface area contributed by atoms with Crippen LogP contribution in [0.15, 0.2) is 36.5 Å². The van der Waals surface area contributed by atoms with Gasteiger partial charge in [0.05, 0.1) is 0 Å². The second kappa shape index (κ2) is 8.16. The van der Waals surface area contributed by atoms with Gasteiger partial charge in [0.15, 0.2) is 0 Å². The molecule has 0 spiro atoms. The summed E-state index contributed by atoms with van der Waals surface area (Å²) in [6, 6.07) is 10.4. The van der Waals surface area contributed by atoms with Crippen LogP contribution in [0.2, 0.25) is 5.02 Å². The van der Waals surface area contributed by atoms with Gasteiger partial charge in [-0.05, 0) is 43.0 Å². The molecular formula is C18H23ClN4. The predicted octanol–water partition coefficient (Wildman–Crippen LogP) is 4.53. The summed E-state index contributed by atoms with van der Waals surface area (Å²) in [4.78, 5) is 8.89. The summed E-state index contributed by atoms with van der Waals surface area (Å²) in [6.07, 6.45) is 9.14. The largest absolute Gasteiger partial charge is 0.370 e. The molecule has 3 rings (SSSR count). The van der Waals surface area contributed by atoms with E-state index in [0.29, 0.717) is 6.04 Å². The van der Waals surface area contributed by atoms with Gasteiger partial charge in [-0.25, -0.2) is 4.98 Å². The fourth-order valence-electron chi connectivity index (χ4n) is 2.94. The standard InChI is InChI=1S/C18H23ClN4/c19-15-8-6-14(7-9-15)10-12-20-17-11-13-21-18(23-17)22-16-4-2-1-3-5-16/h6-9,11,13,16H,1-5,10,12H2,(H2,20,21,22,23). The van der Waals surface area contributed by atoms with Crippen molar-refractivity contribution in [3.05, 3.63) is 47.1 Å². The lowest BCUT2D eigenvalue weighted by atomic mass is 9.96. The molecule has 0 unspecified atom stereocenters. The Hall–Kier alpha value is -1.81. The average molecular weight is 331 g/mol. The van der Waals surface area contributed by atoms with E-state index >= 15 is 0 Å². The Labute approximate surface area is 142 Å². The molecule has 0 bridgehead atoms. The summed E-state index contributed by atoms with van der Waals surface area (Å²) in [7, 11) is 0. The minimum Gasteiger partial charge on any atom is -0.370 e. The molecule has 23 heavy (non-hydrogen) atoms. The molecule has 1 aliphatic carbocycles. The molecule has 1 fully saturated rings. The molecule has 0 aliphatic heterocycles. The van der Waals surface area contributed by atoms with Crippen molar-refractivity contribution in [2.75, 3.05) is 17.2 Å². The molecule has 0 atom stereocenters. The predicted molar refractivity (Wildman–Crippen MR) is 96.2 cm³/mol. The first-order valence-electron chi connectivity index (χ1n) is 8.37. The van der Waals surface area contributed by atoms with Crippen LogP contribution in [-0.4, -0.2) is 22.6 Å². The molecule has 0 radical (unpaired) electrons. The van der Waals surface area contributed by atoms with Crippen LogP contribution >= 0.6 is 11.6 Å². The highest BCUT2D eigenvalue weighted by atomic mass is 35.5. The number of aromatic nitrogens is 2. The molecule has 0 amide bonds. The number of nitrogens with one attached hydrogen (secondary N) is 2. The number of rotatable bonds is 6. The summed E-state index contributed by atoms with van der Waals surface area (Å²) in [5, 5.41) is 7.59. The SMILES string of the molecule is Clc1ccc(CCNc2ccnc(NC3CCCCC3)n2)cc1. The van der Waals surface area contributed by atoms with Gasteiger partial charge in [0, 0.05) is 23.8 Å². The van der Waals surface area contributed by atoms with Crippen molar-refractivity contribution in [1.82, 2.24) is 9.97 Å². The van der Waals surface area contributed by atoms with Gasteiger partial charge in [-0.2, -0.15) is 4.98 Å². The summed E-state index contributed by atoms with van der Waals surface area (Å²) < 4.78 is 0. The zero-order chi connectivity index (χ0) is 15.9. The van der Waals surface area contributed by atoms with Crippen molar-refractivity contribution in [2.45, 2.75) is 44.6 Å². The summed E-state index contributed by atoms with van der Waals surface area (Å²) in [5.74, 6) is 1.60. The maximum Gasteiger partial charge on any atom is 0.224 e. The minimum absolute atomic E-state index is 0.521. The Morgan fingerprint density at radius 1 is 1.04 bits per heavy atom. The highest BCUT2D eigenvalue weighted by Gasteiger charge is 2.14. The highest BCUT2D eigenvalue weighted by Crippen LogP contribution is 2.20. The Balaban J connectivity index is 1.49. The molecule has 1 saturated carbocycles. The van der Waals surface area contributed by atoms with Crippen molar-refractivity contribution >= 4 is 23.4 Å². The van der Waals surface area contributed by atoms with Gasteiger partial charge in [0.1, 0.15) is 5.82 Å². The average Bonchev–Trinajstić information content (AvgIpc) is 2.58. The molecule has 122 valence electrons. The Bertz CT molecular complexity index is 609. The van der Waals surface area contributed by atoms with Crippen LogP contribution < -0.4 is 10.6 Å². The van der Waals surface area contributed by atoms with Gasteiger partial charge in [0.25, 0.3) is 0 Å². The lowest BCUT2D eigenvalue weighted by Crippen LogP contribution is -2.23. The molecule has 1 heterocycles. The van der Waals surface area contributed by atoms with E-state index in [9.17, 15) is 0 Å². The highest BCUT2D eigenvalue weighted by molar-refractivity contribution is 6.30. The van der Waals surface area contributed by atoms with Gasteiger partial charge >= 0.3 is 0 Å². The van der Waals surface area contributed by atoms with E-state index in [0.717, 1.165) is 29.8 Å². The van der Waals surface area contributed by atoms with E-state index in [2.05, 4.69) is 32.7 Å². The summed E-state index contributed by atoms with van der Waals surface area (Å²) >= 11 is 5.90. The number of anilines is 2. The molecule has 4 nitrogen and oxygen atoms in total. The molecule has 5 heteroatoms. The number of nitrogens with zero attached hydrogens (tertiary/aromatic N) is 2. The molecular weight excluding hydrogens is 308 g/mol. The number of hydrogen-bond donors (Lipinski definition) is 2.